The third kappa shape index (κ3) is 4.27. The number of aliphatic carboxylic acids is 1. The van der Waals surface area contributed by atoms with E-state index in [4.69, 9.17) is 0 Å². The first kappa shape index (κ1) is 15.9. The lowest BCUT2D eigenvalue weighted by molar-refractivity contribution is -0.139. The lowest BCUT2D eigenvalue weighted by atomic mass is 10.0. The summed E-state index contributed by atoms with van der Waals surface area (Å²) in [5, 5.41) is 12.4. The molecular formula is C18H19NO3. The van der Waals surface area contributed by atoms with Gasteiger partial charge in [0.1, 0.15) is 6.04 Å². The largest absolute Gasteiger partial charge is 0.480 e. The van der Waals surface area contributed by atoms with E-state index in [9.17, 15) is 14.7 Å². The summed E-state index contributed by atoms with van der Waals surface area (Å²) in [5.41, 5.74) is 1.52. The van der Waals surface area contributed by atoms with Crippen LogP contribution in [0, 0.1) is 0 Å². The standard InChI is InChI=1S/C18H19NO3/c1-13(14-8-4-2-5-9-14)19-16(18(21)22)12-17(20)15-10-6-3-7-11-15/h2-11,13,16,19H,12H2,1H3,(H,21,22)/t13-,16-/m0/s1. The van der Waals surface area contributed by atoms with E-state index in [0.29, 0.717) is 5.56 Å². The van der Waals surface area contributed by atoms with E-state index in [0.717, 1.165) is 5.56 Å². The van der Waals surface area contributed by atoms with Gasteiger partial charge in [0, 0.05) is 18.0 Å². The molecule has 2 atom stereocenters. The van der Waals surface area contributed by atoms with Gasteiger partial charge < -0.3 is 5.11 Å². The third-order valence-corrected chi connectivity index (χ3v) is 3.53. The van der Waals surface area contributed by atoms with Gasteiger partial charge in [-0.1, -0.05) is 60.7 Å². The van der Waals surface area contributed by atoms with E-state index < -0.39 is 12.0 Å². The molecule has 2 rings (SSSR count). The van der Waals surface area contributed by atoms with Crippen LogP contribution in [-0.2, 0) is 4.79 Å². The van der Waals surface area contributed by atoms with Crippen LogP contribution in [0.1, 0.15) is 35.3 Å². The van der Waals surface area contributed by atoms with Gasteiger partial charge in [0.05, 0.1) is 0 Å². The van der Waals surface area contributed by atoms with Crippen LogP contribution in [0.25, 0.3) is 0 Å². The average Bonchev–Trinajstić information content (AvgIpc) is 2.55. The Morgan fingerprint density at radius 2 is 1.55 bits per heavy atom. The average molecular weight is 297 g/mol. The van der Waals surface area contributed by atoms with E-state index in [1.807, 2.05) is 43.3 Å². The van der Waals surface area contributed by atoms with Gasteiger partial charge in [0.25, 0.3) is 0 Å². The summed E-state index contributed by atoms with van der Waals surface area (Å²) in [7, 11) is 0. The normalized spacial score (nSPS) is 13.3. The lowest BCUT2D eigenvalue weighted by Gasteiger charge is -2.20. The molecule has 2 aromatic rings. The molecule has 0 fully saturated rings. The first-order chi connectivity index (χ1) is 10.6. The molecule has 0 aliphatic heterocycles. The predicted molar refractivity (Wildman–Crippen MR) is 84.8 cm³/mol. The first-order valence-corrected chi connectivity index (χ1v) is 7.20. The molecule has 0 aliphatic carbocycles. The summed E-state index contributed by atoms with van der Waals surface area (Å²) < 4.78 is 0. The van der Waals surface area contributed by atoms with Crippen LogP contribution < -0.4 is 5.32 Å². The second-order valence-corrected chi connectivity index (χ2v) is 5.18. The van der Waals surface area contributed by atoms with E-state index in [1.54, 1.807) is 24.3 Å². The van der Waals surface area contributed by atoms with Gasteiger partial charge in [-0.25, -0.2) is 0 Å². The quantitative estimate of drug-likeness (QED) is 0.771. The van der Waals surface area contributed by atoms with Gasteiger partial charge >= 0.3 is 5.97 Å². The van der Waals surface area contributed by atoms with Gasteiger partial charge in [0.2, 0.25) is 0 Å². The minimum absolute atomic E-state index is 0.0729. The lowest BCUT2D eigenvalue weighted by Crippen LogP contribution is -2.40. The summed E-state index contributed by atoms with van der Waals surface area (Å²) in [6.07, 6.45) is -0.0729. The molecule has 0 radical (unpaired) electrons. The summed E-state index contributed by atoms with van der Waals surface area (Å²) in [6.45, 7) is 1.89. The van der Waals surface area contributed by atoms with Crippen LogP contribution >= 0.6 is 0 Å². The summed E-state index contributed by atoms with van der Waals surface area (Å²) in [5.74, 6) is -1.20. The van der Waals surface area contributed by atoms with Crippen molar-refractivity contribution in [2.24, 2.45) is 0 Å². The van der Waals surface area contributed by atoms with Crippen LogP contribution in [0.15, 0.2) is 60.7 Å². The Balaban J connectivity index is 2.04. The van der Waals surface area contributed by atoms with Crippen LogP contribution in [0.4, 0.5) is 0 Å². The number of nitrogens with one attached hydrogen (secondary N) is 1. The number of hydrogen-bond acceptors (Lipinski definition) is 3. The Kier molecular flexibility index (Phi) is 5.44. The first-order valence-electron chi connectivity index (χ1n) is 7.20. The zero-order chi connectivity index (χ0) is 15.9. The van der Waals surface area contributed by atoms with E-state index in [2.05, 4.69) is 5.32 Å². The molecule has 0 amide bonds. The molecule has 0 bridgehead atoms. The Morgan fingerprint density at radius 1 is 1.00 bits per heavy atom. The maximum Gasteiger partial charge on any atom is 0.321 e. The van der Waals surface area contributed by atoms with Crippen molar-refractivity contribution >= 4 is 11.8 Å². The number of carboxylic acid groups (broad SMARTS) is 1. The Morgan fingerprint density at radius 3 is 2.09 bits per heavy atom. The number of hydrogen-bond donors (Lipinski definition) is 2. The van der Waals surface area contributed by atoms with Gasteiger partial charge in [-0.2, -0.15) is 0 Å². The molecule has 0 saturated carbocycles. The molecule has 2 N–H and O–H groups in total. The molecule has 0 saturated heterocycles. The molecule has 0 unspecified atom stereocenters. The van der Waals surface area contributed by atoms with Crippen molar-refractivity contribution in [3.05, 3.63) is 71.8 Å². The van der Waals surface area contributed by atoms with Crippen molar-refractivity contribution in [1.82, 2.24) is 5.32 Å². The van der Waals surface area contributed by atoms with Crippen LogP contribution in [0.5, 0.6) is 0 Å². The second-order valence-electron chi connectivity index (χ2n) is 5.18. The summed E-state index contributed by atoms with van der Waals surface area (Å²) in [4.78, 5) is 23.6. The molecule has 4 heteroatoms. The maximum atomic E-state index is 12.2. The second kappa shape index (κ2) is 7.52. The summed E-state index contributed by atoms with van der Waals surface area (Å²) in [6, 6.07) is 17.2. The molecule has 0 aliphatic rings. The van der Waals surface area contributed by atoms with Crippen molar-refractivity contribution in [2.45, 2.75) is 25.4 Å². The SMILES string of the molecule is C[C@H](N[C@@H](CC(=O)c1ccccc1)C(=O)O)c1ccccc1. The van der Waals surface area contributed by atoms with E-state index >= 15 is 0 Å². The topological polar surface area (TPSA) is 66.4 Å². The smallest absolute Gasteiger partial charge is 0.321 e. The summed E-state index contributed by atoms with van der Waals surface area (Å²) >= 11 is 0. The Labute approximate surface area is 129 Å². The predicted octanol–water partition coefficient (Wildman–Crippen LogP) is 3.06. The van der Waals surface area contributed by atoms with Crippen LogP contribution in [0.3, 0.4) is 0 Å². The fourth-order valence-electron chi connectivity index (χ4n) is 2.28. The van der Waals surface area contributed by atoms with Crippen molar-refractivity contribution in [3.63, 3.8) is 0 Å². The zero-order valence-corrected chi connectivity index (χ0v) is 12.4. The molecule has 22 heavy (non-hydrogen) atoms. The molecule has 0 heterocycles. The van der Waals surface area contributed by atoms with Gasteiger partial charge in [-0.05, 0) is 12.5 Å². The molecule has 4 nitrogen and oxygen atoms in total. The van der Waals surface area contributed by atoms with Crippen LogP contribution in [0.2, 0.25) is 0 Å². The number of carboxylic acids is 1. The highest BCUT2D eigenvalue weighted by molar-refractivity contribution is 5.98. The molecule has 0 spiro atoms. The van der Waals surface area contributed by atoms with Gasteiger partial charge in [0.15, 0.2) is 5.78 Å². The molecule has 2 aromatic carbocycles. The van der Waals surface area contributed by atoms with Crippen molar-refractivity contribution in [2.75, 3.05) is 0 Å². The number of benzene rings is 2. The third-order valence-electron chi connectivity index (χ3n) is 3.53. The zero-order valence-electron chi connectivity index (χ0n) is 12.4. The van der Waals surface area contributed by atoms with E-state index in [1.165, 1.54) is 0 Å². The van der Waals surface area contributed by atoms with Crippen LogP contribution in [-0.4, -0.2) is 22.9 Å². The Bertz CT molecular complexity index is 625. The maximum absolute atomic E-state index is 12.2. The van der Waals surface area contributed by atoms with Gasteiger partial charge in [-0.15, -0.1) is 0 Å². The number of Topliss-reactive ketones (excluding diaryl/α,β-unsaturated/α-hetero) is 1. The highest BCUT2D eigenvalue weighted by atomic mass is 16.4. The minimum Gasteiger partial charge on any atom is -0.480 e. The molecule has 114 valence electrons. The van der Waals surface area contributed by atoms with Crippen molar-refractivity contribution in [3.8, 4) is 0 Å². The van der Waals surface area contributed by atoms with Crippen molar-refractivity contribution < 1.29 is 14.7 Å². The van der Waals surface area contributed by atoms with E-state index in [-0.39, 0.29) is 18.2 Å². The minimum atomic E-state index is -1.02. The fraction of sp³-hybridized carbons (Fsp3) is 0.222. The number of ketones is 1. The van der Waals surface area contributed by atoms with Gasteiger partial charge in [-0.3, -0.25) is 14.9 Å². The monoisotopic (exact) mass is 297 g/mol. The molecular weight excluding hydrogens is 278 g/mol. The Hall–Kier alpha value is -2.46. The van der Waals surface area contributed by atoms with Crippen molar-refractivity contribution in [1.29, 1.82) is 0 Å². The fourth-order valence-corrected chi connectivity index (χ4v) is 2.28. The number of carbonyl (C=O) groups excluding carboxylic acids is 1. The molecule has 0 aromatic heterocycles. The highest BCUT2D eigenvalue weighted by Crippen LogP contribution is 2.14. The number of rotatable bonds is 7. The number of carbonyl (C=O) groups is 2. The highest BCUT2D eigenvalue weighted by Gasteiger charge is 2.23.